The monoisotopic (exact) mass is 417 g/mol. The maximum absolute atomic E-state index is 12.3. The van der Waals surface area contributed by atoms with Crippen molar-refractivity contribution in [2.75, 3.05) is 5.32 Å². The van der Waals surface area contributed by atoms with E-state index >= 15 is 0 Å². The van der Waals surface area contributed by atoms with Gasteiger partial charge in [0.1, 0.15) is 0 Å². The lowest BCUT2D eigenvalue weighted by Crippen LogP contribution is -2.11. The maximum atomic E-state index is 12.3. The molecule has 0 aliphatic carbocycles. The lowest BCUT2D eigenvalue weighted by molar-refractivity contribution is 0.102. The molecule has 1 heterocycles. The predicted molar refractivity (Wildman–Crippen MR) is 103 cm³/mol. The van der Waals surface area contributed by atoms with Crippen LogP contribution in [0.4, 0.5) is 6.01 Å². The van der Waals surface area contributed by atoms with Crippen LogP contribution in [-0.4, -0.2) is 21.4 Å². The summed E-state index contributed by atoms with van der Waals surface area (Å²) in [4.78, 5) is 13.4. The van der Waals surface area contributed by atoms with Crippen LogP contribution in [0.3, 0.4) is 0 Å². The summed E-state index contributed by atoms with van der Waals surface area (Å²) >= 11 is 5.12. The molecule has 0 fully saturated rings. The summed E-state index contributed by atoms with van der Waals surface area (Å²) in [7, 11) is 0. The van der Waals surface area contributed by atoms with E-state index in [0.717, 1.165) is 14.9 Å². The molecular weight excluding hydrogens is 402 g/mol. The number of carbonyl (C=O) groups is 1. The molecule has 0 aliphatic rings. The molecule has 2 aromatic carbocycles. The van der Waals surface area contributed by atoms with Crippen LogP contribution in [0.2, 0.25) is 0 Å². The summed E-state index contributed by atoms with van der Waals surface area (Å²) in [6.45, 7) is 4.26. The number of anilines is 1. The van der Waals surface area contributed by atoms with E-state index in [1.807, 2.05) is 36.4 Å². The third-order valence-corrected chi connectivity index (χ3v) is 4.77. The van der Waals surface area contributed by atoms with Crippen molar-refractivity contribution in [1.29, 1.82) is 0 Å². The Morgan fingerprint density at radius 2 is 1.76 bits per heavy atom. The molecule has 0 saturated heterocycles. The SMILES string of the molecule is CC(C)Sc1ccc(C(=O)Nc2nnc(-c3ccc(Br)cc3)o2)cc1. The number of amides is 1. The van der Waals surface area contributed by atoms with Gasteiger partial charge in [-0.15, -0.1) is 16.9 Å². The van der Waals surface area contributed by atoms with Crippen molar-refractivity contribution < 1.29 is 9.21 Å². The van der Waals surface area contributed by atoms with Crippen molar-refractivity contribution in [2.45, 2.75) is 24.0 Å². The molecule has 1 N–H and O–H groups in total. The number of halogens is 1. The lowest BCUT2D eigenvalue weighted by atomic mass is 10.2. The minimum Gasteiger partial charge on any atom is -0.403 e. The van der Waals surface area contributed by atoms with Crippen molar-refractivity contribution >= 4 is 39.6 Å². The molecule has 3 aromatic rings. The molecule has 0 unspecified atom stereocenters. The Hall–Kier alpha value is -2.12. The van der Waals surface area contributed by atoms with Crippen LogP contribution in [0.1, 0.15) is 24.2 Å². The first-order chi connectivity index (χ1) is 12.0. The Morgan fingerprint density at radius 3 is 2.40 bits per heavy atom. The predicted octanol–water partition coefficient (Wildman–Crippen LogP) is 5.25. The van der Waals surface area contributed by atoms with Gasteiger partial charge in [-0.1, -0.05) is 34.9 Å². The minimum atomic E-state index is -0.285. The van der Waals surface area contributed by atoms with E-state index in [0.29, 0.717) is 16.7 Å². The van der Waals surface area contributed by atoms with Gasteiger partial charge in [-0.25, -0.2) is 0 Å². The van der Waals surface area contributed by atoms with Gasteiger partial charge in [-0.05, 0) is 48.5 Å². The van der Waals surface area contributed by atoms with Gasteiger partial charge in [0, 0.05) is 25.7 Å². The molecule has 0 atom stereocenters. The second kappa shape index (κ2) is 7.84. The zero-order chi connectivity index (χ0) is 17.8. The first-order valence-corrected chi connectivity index (χ1v) is 9.36. The third kappa shape index (κ3) is 4.70. The number of hydrogen-bond acceptors (Lipinski definition) is 5. The second-order valence-electron chi connectivity index (χ2n) is 5.56. The fraction of sp³-hybridized carbons (Fsp3) is 0.167. The van der Waals surface area contributed by atoms with Gasteiger partial charge >= 0.3 is 6.01 Å². The molecule has 25 heavy (non-hydrogen) atoms. The molecule has 0 saturated carbocycles. The van der Waals surface area contributed by atoms with E-state index in [9.17, 15) is 4.79 Å². The summed E-state index contributed by atoms with van der Waals surface area (Å²) < 4.78 is 6.47. The second-order valence-corrected chi connectivity index (χ2v) is 8.13. The molecule has 0 aliphatic heterocycles. The summed E-state index contributed by atoms with van der Waals surface area (Å²) in [6, 6.07) is 15.0. The smallest absolute Gasteiger partial charge is 0.322 e. The number of hydrogen-bond donors (Lipinski definition) is 1. The van der Waals surface area contributed by atoms with Gasteiger partial charge in [0.15, 0.2) is 0 Å². The number of carbonyl (C=O) groups excluding carboxylic acids is 1. The number of nitrogens with one attached hydrogen (secondary N) is 1. The Morgan fingerprint density at radius 1 is 1.08 bits per heavy atom. The number of benzene rings is 2. The number of thioether (sulfide) groups is 1. The third-order valence-electron chi connectivity index (χ3n) is 3.22. The maximum Gasteiger partial charge on any atom is 0.322 e. The number of nitrogens with zero attached hydrogens (tertiary/aromatic N) is 2. The zero-order valence-electron chi connectivity index (χ0n) is 13.7. The number of aromatic nitrogens is 2. The highest BCUT2D eigenvalue weighted by atomic mass is 79.9. The lowest BCUT2D eigenvalue weighted by Gasteiger charge is -2.05. The Bertz CT molecular complexity index is 861. The summed E-state index contributed by atoms with van der Waals surface area (Å²) in [5.41, 5.74) is 1.32. The largest absolute Gasteiger partial charge is 0.403 e. The summed E-state index contributed by atoms with van der Waals surface area (Å²) in [5, 5.41) is 11.0. The van der Waals surface area contributed by atoms with Crippen LogP contribution in [0.25, 0.3) is 11.5 Å². The van der Waals surface area contributed by atoms with Crippen LogP contribution in [0.5, 0.6) is 0 Å². The van der Waals surface area contributed by atoms with Crippen LogP contribution >= 0.6 is 27.7 Å². The van der Waals surface area contributed by atoms with Gasteiger partial charge in [0.25, 0.3) is 5.91 Å². The molecule has 0 radical (unpaired) electrons. The molecule has 7 heteroatoms. The molecule has 1 aromatic heterocycles. The fourth-order valence-corrected chi connectivity index (χ4v) is 3.21. The van der Waals surface area contributed by atoms with E-state index < -0.39 is 0 Å². The van der Waals surface area contributed by atoms with E-state index in [-0.39, 0.29) is 11.9 Å². The van der Waals surface area contributed by atoms with Gasteiger partial charge in [0.05, 0.1) is 0 Å². The topological polar surface area (TPSA) is 68.0 Å². The number of rotatable bonds is 5. The van der Waals surface area contributed by atoms with Crippen LogP contribution < -0.4 is 5.32 Å². The van der Waals surface area contributed by atoms with Gasteiger partial charge < -0.3 is 4.42 Å². The summed E-state index contributed by atoms with van der Waals surface area (Å²) in [6.07, 6.45) is 0. The fourth-order valence-electron chi connectivity index (χ4n) is 2.11. The molecule has 0 spiro atoms. The standard InChI is InChI=1S/C18H16BrN3O2S/c1-11(2)25-15-9-5-12(6-10-15)16(23)20-18-22-21-17(24-18)13-3-7-14(19)8-4-13/h3-11H,1-2H3,(H,20,22,23). The van der Waals surface area contributed by atoms with Crippen LogP contribution in [0, 0.1) is 0 Å². The van der Waals surface area contributed by atoms with Crippen LogP contribution in [-0.2, 0) is 0 Å². The molecular formula is C18H16BrN3O2S. The van der Waals surface area contributed by atoms with E-state index in [1.165, 1.54) is 0 Å². The highest BCUT2D eigenvalue weighted by molar-refractivity contribution is 9.10. The average Bonchev–Trinajstić information content (AvgIpc) is 3.04. The first kappa shape index (κ1) is 17.7. The highest BCUT2D eigenvalue weighted by Gasteiger charge is 2.13. The van der Waals surface area contributed by atoms with Gasteiger partial charge in [-0.2, -0.15) is 0 Å². The molecule has 1 amide bonds. The first-order valence-electron chi connectivity index (χ1n) is 7.69. The molecule has 0 bridgehead atoms. The molecule has 5 nitrogen and oxygen atoms in total. The van der Waals surface area contributed by atoms with Gasteiger partial charge in [0.2, 0.25) is 5.89 Å². The summed E-state index contributed by atoms with van der Waals surface area (Å²) in [5.74, 6) is 0.0681. The Labute approximate surface area is 158 Å². The molecule has 128 valence electrons. The molecule has 3 rings (SSSR count). The van der Waals surface area contributed by atoms with E-state index in [1.54, 1.807) is 23.9 Å². The van der Waals surface area contributed by atoms with Crippen molar-refractivity contribution in [2.24, 2.45) is 0 Å². The van der Waals surface area contributed by atoms with E-state index in [2.05, 4.69) is 45.3 Å². The minimum absolute atomic E-state index is 0.0727. The van der Waals surface area contributed by atoms with E-state index in [4.69, 9.17) is 4.42 Å². The average molecular weight is 418 g/mol. The van der Waals surface area contributed by atoms with Crippen LogP contribution in [0.15, 0.2) is 62.3 Å². The van der Waals surface area contributed by atoms with Gasteiger partial charge in [-0.3, -0.25) is 10.1 Å². The highest BCUT2D eigenvalue weighted by Crippen LogP contribution is 2.24. The van der Waals surface area contributed by atoms with Crippen molar-refractivity contribution in [3.05, 3.63) is 58.6 Å². The Kier molecular flexibility index (Phi) is 5.55. The van der Waals surface area contributed by atoms with Crippen molar-refractivity contribution in [3.8, 4) is 11.5 Å². The zero-order valence-corrected chi connectivity index (χ0v) is 16.1. The van der Waals surface area contributed by atoms with Crippen molar-refractivity contribution in [3.63, 3.8) is 0 Å². The quantitative estimate of drug-likeness (QED) is 0.573. The Balaban J connectivity index is 1.68. The van der Waals surface area contributed by atoms with Crippen molar-refractivity contribution in [1.82, 2.24) is 10.2 Å². The normalized spacial score (nSPS) is 10.9.